The second-order valence-electron chi connectivity index (χ2n) is 4.48. The Hall–Kier alpha value is -1.06. The fourth-order valence-electron chi connectivity index (χ4n) is 1.69. The van der Waals surface area contributed by atoms with Gasteiger partial charge in [-0.3, -0.25) is 0 Å². The van der Waals surface area contributed by atoms with Gasteiger partial charge in [-0.2, -0.15) is 0 Å². The molecule has 1 rings (SSSR count). The van der Waals surface area contributed by atoms with E-state index in [0.717, 1.165) is 12.3 Å². The van der Waals surface area contributed by atoms with Crippen LogP contribution in [-0.4, -0.2) is 33.4 Å². The maximum absolute atomic E-state index is 5.90. The Bertz CT molecular complexity index is 320. The first-order valence-electron chi connectivity index (χ1n) is 6.07. The van der Waals surface area contributed by atoms with E-state index in [-0.39, 0.29) is 6.10 Å². The summed E-state index contributed by atoms with van der Waals surface area (Å²) in [7, 11) is 3.60. The molecule has 96 valence electrons. The first-order valence-corrected chi connectivity index (χ1v) is 6.07. The van der Waals surface area contributed by atoms with E-state index < -0.39 is 0 Å². The lowest BCUT2D eigenvalue weighted by Gasteiger charge is -2.19. The first-order chi connectivity index (χ1) is 8.17. The molecule has 0 spiro atoms. The van der Waals surface area contributed by atoms with E-state index in [4.69, 9.17) is 9.47 Å². The van der Waals surface area contributed by atoms with Crippen LogP contribution in [0.4, 0.5) is 0 Å². The van der Waals surface area contributed by atoms with Crippen LogP contribution in [0.25, 0.3) is 0 Å². The molecule has 0 aliphatic rings. The van der Waals surface area contributed by atoms with Crippen molar-refractivity contribution in [3.05, 3.63) is 29.8 Å². The van der Waals surface area contributed by atoms with Gasteiger partial charge in [-0.1, -0.05) is 26.0 Å². The number of rotatable bonds is 7. The minimum Gasteiger partial charge on any atom is -0.487 e. The summed E-state index contributed by atoms with van der Waals surface area (Å²) < 4.78 is 11.0. The first kappa shape index (κ1) is 14.0. The van der Waals surface area contributed by atoms with E-state index in [2.05, 4.69) is 31.3 Å². The van der Waals surface area contributed by atoms with Gasteiger partial charge < -0.3 is 14.8 Å². The Morgan fingerprint density at radius 1 is 1.29 bits per heavy atom. The molecule has 0 radical (unpaired) electrons. The quantitative estimate of drug-likeness (QED) is 0.790. The van der Waals surface area contributed by atoms with E-state index in [1.54, 1.807) is 7.11 Å². The molecular formula is C14H23NO2. The van der Waals surface area contributed by atoms with Crippen LogP contribution < -0.4 is 10.1 Å². The van der Waals surface area contributed by atoms with Gasteiger partial charge in [0.15, 0.2) is 0 Å². The number of hydrogen-bond donors (Lipinski definition) is 1. The summed E-state index contributed by atoms with van der Waals surface area (Å²) in [6, 6.07) is 8.25. The van der Waals surface area contributed by atoms with Gasteiger partial charge in [0.2, 0.25) is 0 Å². The SMILES string of the molecule is CNCC(COC)Oc1cccc(C(C)C)c1. The van der Waals surface area contributed by atoms with Gasteiger partial charge in [0.1, 0.15) is 11.9 Å². The number of methoxy groups -OCH3 is 1. The average molecular weight is 237 g/mol. The normalized spacial score (nSPS) is 12.8. The highest BCUT2D eigenvalue weighted by molar-refractivity contribution is 5.30. The second kappa shape index (κ2) is 7.30. The molecule has 0 aliphatic heterocycles. The standard InChI is InChI=1S/C14H23NO2/c1-11(2)12-6-5-7-13(8-12)17-14(9-15-3)10-16-4/h5-8,11,14-15H,9-10H2,1-4H3. The maximum Gasteiger partial charge on any atom is 0.134 e. The van der Waals surface area contributed by atoms with Crippen LogP contribution in [0, 0.1) is 0 Å². The van der Waals surface area contributed by atoms with E-state index in [9.17, 15) is 0 Å². The molecule has 0 fully saturated rings. The van der Waals surface area contributed by atoms with Crippen LogP contribution in [0.3, 0.4) is 0 Å². The molecule has 0 saturated heterocycles. The summed E-state index contributed by atoms with van der Waals surface area (Å²) in [5, 5.41) is 3.11. The summed E-state index contributed by atoms with van der Waals surface area (Å²) in [5.74, 6) is 1.43. The zero-order valence-corrected chi connectivity index (χ0v) is 11.2. The molecule has 0 aliphatic carbocycles. The van der Waals surface area contributed by atoms with E-state index in [0.29, 0.717) is 12.5 Å². The summed E-state index contributed by atoms with van der Waals surface area (Å²) in [6.07, 6.45) is 0.0485. The molecule has 1 N–H and O–H groups in total. The zero-order valence-electron chi connectivity index (χ0n) is 11.2. The van der Waals surface area contributed by atoms with Crippen molar-refractivity contribution in [2.45, 2.75) is 25.9 Å². The van der Waals surface area contributed by atoms with E-state index >= 15 is 0 Å². The second-order valence-corrected chi connectivity index (χ2v) is 4.48. The molecule has 17 heavy (non-hydrogen) atoms. The van der Waals surface area contributed by atoms with Gasteiger partial charge in [-0.15, -0.1) is 0 Å². The van der Waals surface area contributed by atoms with Crippen LogP contribution in [0.15, 0.2) is 24.3 Å². The molecule has 1 aromatic rings. The molecule has 0 heterocycles. The van der Waals surface area contributed by atoms with Crippen LogP contribution in [0.2, 0.25) is 0 Å². The fraction of sp³-hybridized carbons (Fsp3) is 0.571. The van der Waals surface area contributed by atoms with Gasteiger partial charge in [0, 0.05) is 13.7 Å². The van der Waals surface area contributed by atoms with Gasteiger partial charge in [-0.05, 0) is 30.7 Å². The monoisotopic (exact) mass is 237 g/mol. The average Bonchev–Trinajstić information content (AvgIpc) is 2.30. The molecule has 1 atom stereocenters. The largest absolute Gasteiger partial charge is 0.487 e. The molecule has 0 saturated carbocycles. The topological polar surface area (TPSA) is 30.5 Å². The van der Waals surface area contributed by atoms with Crippen molar-refractivity contribution in [1.82, 2.24) is 5.32 Å². The van der Waals surface area contributed by atoms with Crippen LogP contribution in [0.5, 0.6) is 5.75 Å². The molecular weight excluding hydrogens is 214 g/mol. The molecule has 1 unspecified atom stereocenters. The Morgan fingerprint density at radius 2 is 2.06 bits per heavy atom. The van der Waals surface area contributed by atoms with Gasteiger partial charge in [0.25, 0.3) is 0 Å². The Labute approximate surface area is 104 Å². The van der Waals surface area contributed by atoms with Crippen molar-refractivity contribution >= 4 is 0 Å². The Kier molecular flexibility index (Phi) is 6.01. The molecule has 1 aromatic carbocycles. The van der Waals surface area contributed by atoms with Crippen molar-refractivity contribution in [2.24, 2.45) is 0 Å². The Morgan fingerprint density at radius 3 is 2.65 bits per heavy atom. The lowest BCUT2D eigenvalue weighted by molar-refractivity contribution is 0.0818. The Balaban J connectivity index is 2.67. The highest BCUT2D eigenvalue weighted by Crippen LogP contribution is 2.20. The smallest absolute Gasteiger partial charge is 0.134 e. The van der Waals surface area contributed by atoms with Crippen molar-refractivity contribution < 1.29 is 9.47 Å². The van der Waals surface area contributed by atoms with Crippen LogP contribution in [0.1, 0.15) is 25.3 Å². The predicted molar refractivity (Wildman–Crippen MR) is 70.7 cm³/mol. The van der Waals surface area contributed by atoms with Crippen molar-refractivity contribution in [2.75, 3.05) is 27.3 Å². The molecule has 3 heteroatoms. The summed E-state index contributed by atoms with van der Waals surface area (Å²) in [6.45, 7) is 5.73. The minimum atomic E-state index is 0.0485. The molecule has 3 nitrogen and oxygen atoms in total. The van der Waals surface area contributed by atoms with Gasteiger partial charge in [-0.25, -0.2) is 0 Å². The van der Waals surface area contributed by atoms with Crippen molar-refractivity contribution in [1.29, 1.82) is 0 Å². The maximum atomic E-state index is 5.90. The number of hydrogen-bond acceptors (Lipinski definition) is 3. The summed E-state index contributed by atoms with van der Waals surface area (Å²) in [4.78, 5) is 0. The minimum absolute atomic E-state index is 0.0485. The fourth-order valence-corrected chi connectivity index (χ4v) is 1.69. The summed E-state index contributed by atoms with van der Waals surface area (Å²) >= 11 is 0. The van der Waals surface area contributed by atoms with Crippen molar-refractivity contribution in [3.8, 4) is 5.75 Å². The number of nitrogens with one attached hydrogen (secondary N) is 1. The summed E-state index contributed by atoms with van der Waals surface area (Å²) in [5.41, 5.74) is 1.29. The third-order valence-corrected chi connectivity index (χ3v) is 2.61. The molecule has 0 bridgehead atoms. The lowest BCUT2D eigenvalue weighted by Crippen LogP contribution is -2.33. The van der Waals surface area contributed by atoms with E-state index in [1.165, 1.54) is 5.56 Å². The molecule has 0 amide bonds. The van der Waals surface area contributed by atoms with E-state index in [1.807, 2.05) is 19.2 Å². The van der Waals surface area contributed by atoms with Crippen LogP contribution in [-0.2, 0) is 4.74 Å². The van der Waals surface area contributed by atoms with Gasteiger partial charge >= 0.3 is 0 Å². The lowest BCUT2D eigenvalue weighted by atomic mass is 10.0. The van der Waals surface area contributed by atoms with Crippen LogP contribution >= 0.6 is 0 Å². The molecule has 0 aromatic heterocycles. The predicted octanol–water partition coefficient (Wildman–Crippen LogP) is 2.42. The number of likely N-dealkylation sites (N-methyl/N-ethyl adjacent to an activating group) is 1. The third-order valence-electron chi connectivity index (χ3n) is 2.61. The highest BCUT2D eigenvalue weighted by atomic mass is 16.5. The highest BCUT2D eigenvalue weighted by Gasteiger charge is 2.10. The van der Waals surface area contributed by atoms with Crippen molar-refractivity contribution in [3.63, 3.8) is 0 Å². The number of ether oxygens (including phenoxy) is 2. The zero-order chi connectivity index (χ0) is 12.7. The van der Waals surface area contributed by atoms with Gasteiger partial charge in [0.05, 0.1) is 6.61 Å². The number of benzene rings is 1. The third kappa shape index (κ3) is 4.75.